The number of carboxylic acid groups (broad SMARTS) is 1. The smallest absolute Gasteiger partial charge is 0.339 e. The summed E-state index contributed by atoms with van der Waals surface area (Å²) in [5, 5.41) is 9.04. The van der Waals surface area contributed by atoms with Gasteiger partial charge in [-0.3, -0.25) is 0 Å². The zero-order chi connectivity index (χ0) is 11.8. The first kappa shape index (κ1) is 10.3. The Morgan fingerprint density at radius 2 is 2.35 bits per heavy atom. The number of fused-ring (bicyclic) bond motifs is 1. The highest BCUT2D eigenvalue weighted by atomic mass is 16.5. The Morgan fingerprint density at radius 1 is 1.47 bits per heavy atom. The average molecular weight is 233 g/mol. The minimum atomic E-state index is -0.999. The molecule has 2 heterocycles. The summed E-state index contributed by atoms with van der Waals surface area (Å²) < 4.78 is 10.8. The molecule has 0 radical (unpaired) electrons. The lowest BCUT2D eigenvalue weighted by molar-refractivity contribution is 0.0698. The number of hydrogen-bond acceptors (Lipinski definition) is 4. The molecule has 0 aliphatic carbocycles. The predicted octanol–water partition coefficient (Wildman–Crippen LogP) is 2.03. The maximum absolute atomic E-state index is 11.0. The summed E-state index contributed by atoms with van der Waals surface area (Å²) in [5.41, 5.74) is 1.09. The first-order chi connectivity index (χ1) is 8.25. The third-order valence-corrected chi connectivity index (χ3v) is 2.94. The molecular weight excluding hydrogens is 222 g/mol. The van der Waals surface area contributed by atoms with Crippen LogP contribution in [0.4, 0.5) is 0 Å². The number of hydrogen-bond donors (Lipinski definition) is 1. The molecular formula is C12H11NO4. The largest absolute Gasteiger partial charge is 0.478 e. The van der Waals surface area contributed by atoms with Crippen LogP contribution < -0.4 is 0 Å². The fraction of sp³-hybridized carbons (Fsp3) is 0.333. The van der Waals surface area contributed by atoms with Gasteiger partial charge >= 0.3 is 5.97 Å². The number of carboxylic acids is 1. The van der Waals surface area contributed by atoms with Crippen LogP contribution in [0.1, 0.15) is 28.6 Å². The van der Waals surface area contributed by atoms with Crippen molar-refractivity contribution in [2.75, 3.05) is 13.2 Å². The summed E-state index contributed by atoms with van der Waals surface area (Å²) in [5.74, 6) is -0.281. The van der Waals surface area contributed by atoms with E-state index in [1.807, 2.05) is 0 Å². The number of ether oxygens (including phenoxy) is 1. The molecule has 0 spiro atoms. The van der Waals surface area contributed by atoms with Crippen molar-refractivity contribution in [2.24, 2.45) is 0 Å². The van der Waals surface area contributed by atoms with Gasteiger partial charge in [0.05, 0.1) is 12.5 Å². The topological polar surface area (TPSA) is 72.6 Å². The van der Waals surface area contributed by atoms with E-state index in [-0.39, 0.29) is 11.5 Å². The third kappa shape index (κ3) is 1.68. The van der Waals surface area contributed by atoms with Gasteiger partial charge in [0.25, 0.3) is 0 Å². The van der Waals surface area contributed by atoms with Gasteiger partial charge in [-0.1, -0.05) is 6.07 Å². The lowest BCUT2D eigenvalue weighted by atomic mass is 10.1. The summed E-state index contributed by atoms with van der Waals surface area (Å²) in [6.45, 7) is 1.30. The summed E-state index contributed by atoms with van der Waals surface area (Å²) in [4.78, 5) is 15.4. The van der Waals surface area contributed by atoms with Crippen molar-refractivity contribution in [1.82, 2.24) is 4.98 Å². The van der Waals surface area contributed by atoms with Crippen molar-refractivity contribution in [3.63, 3.8) is 0 Å². The molecule has 2 aromatic rings. The van der Waals surface area contributed by atoms with Crippen LogP contribution in [0.15, 0.2) is 22.6 Å². The highest BCUT2D eigenvalue weighted by Gasteiger charge is 2.24. The quantitative estimate of drug-likeness (QED) is 0.859. The zero-order valence-corrected chi connectivity index (χ0v) is 9.05. The van der Waals surface area contributed by atoms with Gasteiger partial charge in [-0.15, -0.1) is 0 Å². The Kier molecular flexibility index (Phi) is 2.33. The summed E-state index contributed by atoms with van der Waals surface area (Å²) >= 11 is 0. The second-order valence-corrected chi connectivity index (χ2v) is 4.07. The van der Waals surface area contributed by atoms with E-state index in [0.29, 0.717) is 30.2 Å². The van der Waals surface area contributed by atoms with Crippen molar-refractivity contribution < 1.29 is 19.1 Å². The second kappa shape index (κ2) is 3.85. The number of oxazole rings is 1. The molecule has 0 saturated carbocycles. The molecule has 1 aromatic carbocycles. The van der Waals surface area contributed by atoms with Crippen LogP contribution >= 0.6 is 0 Å². The molecule has 17 heavy (non-hydrogen) atoms. The molecule has 1 fully saturated rings. The normalized spacial score (nSPS) is 19.9. The van der Waals surface area contributed by atoms with Crippen LogP contribution in [0.25, 0.3) is 11.1 Å². The van der Waals surface area contributed by atoms with Crippen LogP contribution in [-0.4, -0.2) is 29.3 Å². The summed E-state index contributed by atoms with van der Waals surface area (Å²) in [7, 11) is 0. The van der Waals surface area contributed by atoms with Crippen molar-refractivity contribution in [2.45, 2.75) is 12.3 Å². The minimum absolute atomic E-state index is 0.143. The molecule has 88 valence electrons. The summed E-state index contributed by atoms with van der Waals surface area (Å²) in [6.07, 6.45) is 0.870. The van der Waals surface area contributed by atoms with Gasteiger partial charge in [-0.05, 0) is 18.6 Å². The van der Waals surface area contributed by atoms with E-state index >= 15 is 0 Å². The molecule has 5 nitrogen and oxygen atoms in total. The number of aromatic nitrogens is 1. The number of nitrogens with zero attached hydrogens (tertiary/aromatic N) is 1. The lowest BCUT2D eigenvalue weighted by Gasteiger charge is -1.99. The van der Waals surface area contributed by atoms with Crippen LogP contribution in [0, 0.1) is 0 Å². The van der Waals surface area contributed by atoms with Gasteiger partial charge in [-0.25, -0.2) is 9.78 Å². The van der Waals surface area contributed by atoms with Crippen molar-refractivity contribution in [3.8, 4) is 0 Å². The average Bonchev–Trinajstić information content (AvgIpc) is 2.96. The van der Waals surface area contributed by atoms with Gasteiger partial charge < -0.3 is 14.3 Å². The summed E-state index contributed by atoms with van der Waals surface area (Å²) in [6, 6.07) is 4.94. The van der Waals surface area contributed by atoms with Gasteiger partial charge in [-0.2, -0.15) is 0 Å². The molecule has 5 heteroatoms. The zero-order valence-electron chi connectivity index (χ0n) is 9.05. The van der Waals surface area contributed by atoms with Gasteiger partial charge in [0.15, 0.2) is 5.58 Å². The van der Waals surface area contributed by atoms with Crippen LogP contribution in [0.2, 0.25) is 0 Å². The number of rotatable bonds is 2. The predicted molar refractivity (Wildman–Crippen MR) is 59.1 cm³/mol. The van der Waals surface area contributed by atoms with Crippen molar-refractivity contribution in [3.05, 3.63) is 29.7 Å². The number of aromatic carboxylic acids is 1. The van der Waals surface area contributed by atoms with Gasteiger partial charge in [0, 0.05) is 6.61 Å². The lowest BCUT2D eigenvalue weighted by Crippen LogP contribution is -1.97. The molecule has 1 aromatic heterocycles. The van der Waals surface area contributed by atoms with E-state index in [1.54, 1.807) is 12.1 Å². The van der Waals surface area contributed by atoms with E-state index in [0.717, 1.165) is 6.42 Å². The van der Waals surface area contributed by atoms with Gasteiger partial charge in [0.1, 0.15) is 11.1 Å². The second-order valence-electron chi connectivity index (χ2n) is 4.07. The SMILES string of the molecule is O=C(O)c1cccc2nc(C3CCOC3)oc12. The van der Waals surface area contributed by atoms with E-state index in [9.17, 15) is 4.79 Å². The highest BCUT2D eigenvalue weighted by Crippen LogP contribution is 2.29. The highest BCUT2D eigenvalue weighted by molar-refractivity contribution is 5.99. The Labute approximate surface area is 97.0 Å². The molecule has 1 aliphatic rings. The Bertz CT molecular complexity index is 569. The number of para-hydroxylation sites is 1. The van der Waals surface area contributed by atoms with E-state index in [2.05, 4.69) is 4.98 Å². The van der Waals surface area contributed by atoms with E-state index in [4.69, 9.17) is 14.3 Å². The van der Waals surface area contributed by atoms with Crippen LogP contribution in [0.3, 0.4) is 0 Å². The molecule has 1 aliphatic heterocycles. The first-order valence-corrected chi connectivity index (χ1v) is 5.46. The maximum Gasteiger partial charge on any atom is 0.339 e. The maximum atomic E-state index is 11.0. The Morgan fingerprint density at radius 3 is 3.06 bits per heavy atom. The van der Waals surface area contributed by atoms with E-state index in [1.165, 1.54) is 6.07 Å². The van der Waals surface area contributed by atoms with Crippen molar-refractivity contribution >= 4 is 17.1 Å². The van der Waals surface area contributed by atoms with Gasteiger partial charge in [0.2, 0.25) is 5.89 Å². The first-order valence-electron chi connectivity index (χ1n) is 5.46. The van der Waals surface area contributed by atoms with Crippen LogP contribution in [0.5, 0.6) is 0 Å². The molecule has 1 N–H and O–H groups in total. The fourth-order valence-corrected chi connectivity index (χ4v) is 2.04. The van der Waals surface area contributed by atoms with Crippen molar-refractivity contribution in [1.29, 1.82) is 0 Å². The Balaban J connectivity index is 2.11. The fourth-order valence-electron chi connectivity index (χ4n) is 2.04. The van der Waals surface area contributed by atoms with Crippen LogP contribution in [-0.2, 0) is 4.74 Å². The standard InChI is InChI=1S/C12H11NO4/c14-12(15)8-2-1-3-9-10(8)17-11(13-9)7-4-5-16-6-7/h1-3,7H,4-6H2,(H,14,15). The number of carbonyl (C=O) groups is 1. The third-order valence-electron chi connectivity index (χ3n) is 2.94. The molecule has 0 amide bonds. The molecule has 3 rings (SSSR count). The molecule has 1 atom stereocenters. The van der Waals surface area contributed by atoms with E-state index < -0.39 is 5.97 Å². The monoisotopic (exact) mass is 233 g/mol. The minimum Gasteiger partial charge on any atom is -0.478 e. The molecule has 1 saturated heterocycles. The Hall–Kier alpha value is -1.88. The number of benzene rings is 1. The molecule has 1 unspecified atom stereocenters. The molecule has 0 bridgehead atoms.